The maximum absolute atomic E-state index is 11.9. The van der Waals surface area contributed by atoms with Gasteiger partial charge in [0.2, 0.25) is 5.76 Å². The van der Waals surface area contributed by atoms with Crippen molar-refractivity contribution in [2.75, 3.05) is 13.1 Å². The molecule has 0 aliphatic heterocycles. The number of hydrogen-bond donors (Lipinski definition) is 1. The molecular formula is C12H13NO4. The zero-order valence-electron chi connectivity index (χ0n) is 9.47. The third-order valence-electron chi connectivity index (χ3n) is 2.09. The van der Waals surface area contributed by atoms with E-state index >= 15 is 0 Å². The van der Waals surface area contributed by atoms with Crippen molar-refractivity contribution in [1.29, 1.82) is 0 Å². The molecule has 0 aromatic carbocycles. The van der Waals surface area contributed by atoms with Crippen molar-refractivity contribution >= 4 is 11.9 Å². The van der Waals surface area contributed by atoms with Crippen LogP contribution in [-0.2, 0) is 0 Å². The summed E-state index contributed by atoms with van der Waals surface area (Å²) in [5.74, 6) is 0.516. The van der Waals surface area contributed by atoms with E-state index in [0.717, 1.165) is 6.42 Å². The third kappa shape index (κ3) is 3.11. The molecule has 17 heavy (non-hydrogen) atoms. The number of hydrogen-bond acceptors (Lipinski definition) is 3. The molecule has 0 spiro atoms. The van der Waals surface area contributed by atoms with Crippen LogP contribution in [0.15, 0.2) is 16.5 Å². The molecule has 0 aliphatic carbocycles. The van der Waals surface area contributed by atoms with Crippen LogP contribution in [0.3, 0.4) is 0 Å². The summed E-state index contributed by atoms with van der Waals surface area (Å²) in [5, 5.41) is 8.67. The van der Waals surface area contributed by atoms with Crippen LogP contribution >= 0.6 is 0 Å². The topological polar surface area (TPSA) is 70.8 Å². The number of carboxylic acid groups (broad SMARTS) is 1. The van der Waals surface area contributed by atoms with Gasteiger partial charge in [0.15, 0.2) is 5.76 Å². The van der Waals surface area contributed by atoms with Crippen LogP contribution in [0, 0.1) is 12.3 Å². The van der Waals surface area contributed by atoms with Gasteiger partial charge in [-0.15, -0.1) is 6.42 Å². The summed E-state index contributed by atoms with van der Waals surface area (Å²) in [6.07, 6.45) is 5.92. The number of carbonyl (C=O) groups is 2. The zero-order chi connectivity index (χ0) is 12.8. The Morgan fingerprint density at radius 2 is 2.12 bits per heavy atom. The number of amides is 1. The van der Waals surface area contributed by atoms with Gasteiger partial charge in [0.1, 0.15) is 0 Å². The number of aromatic carboxylic acids is 1. The molecule has 5 nitrogen and oxygen atoms in total. The molecule has 1 amide bonds. The Labute approximate surface area is 99.0 Å². The lowest BCUT2D eigenvalue weighted by Crippen LogP contribution is -2.31. The average molecular weight is 235 g/mol. The summed E-state index contributed by atoms with van der Waals surface area (Å²) < 4.78 is 4.92. The Bertz CT molecular complexity index is 455. The van der Waals surface area contributed by atoms with Gasteiger partial charge in [0.05, 0.1) is 6.54 Å². The first kappa shape index (κ1) is 12.8. The summed E-state index contributed by atoms with van der Waals surface area (Å²) >= 11 is 0. The van der Waals surface area contributed by atoms with Gasteiger partial charge in [-0.05, 0) is 18.6 Å². The van der Waals surface area contributed by atoms with Crippen molar-refractivity contribution in [2.45, 2.75) is 13.3 Å². The lowest BCUT2D eigenvalue weighted by atomic mass is 10.3. The second kappa shape index (κ2) is 5.75. The second-order valence-corrected chi connectivity index (χ2v) is 3.40. The largest absolute Gasteiger partial charge is 0.475 e. The summed E-state index contributed by atoms with van der Waals surface area (Å²) in [7, 11) is 0. The molecule has 0 fully saturated rings. The van der Waals surface area contributed by atoms with Crippen molar-refractivity contribution in [3.8, 4) is 12.3 Å². The average Bonchev–Trinajstić information content (AvgIpc) is 2.77. The molecule has 0 aliphatic rings. The first-order chi connectivity index (χ1) is 8.10. The maximum atomic E-state index is 11.9. The molecule has 1 aromatic heterocycles. The minimum absolute atomic E-state index is 0.00824. The number of furan rings is 1. The van der Waals surface area contributed by atoms with Crippen LogP contribution in [-0.4, -0.2) is 35.0 Å². The van der Waals surface area contributed by atoms with Crippen molar-refractivity contribution < 1.29 is 19.1 Å². The highest BCUT2D eigenvalue weighted by Crippen LogP contribution is 2.11. The lowest BCUT2D eigenvalue weighted by Gasteiger charge is -2.17. The molecule has 0 radical (unpaired) electrons. The van der Waals surface area contributed by atoms with Gasteiger partial charge in [-0.25, -0.2) is 4.79 Å². The molecule has 0 bridgehead atoms. The Hall–Kier alpha value is -2.22. The monoisotopic (exact) mass is 235 g/mol. The summed E-state index contributed by atoms with van der Waals surface area (Å²) in [5.41, 5.74) is 0. The first-order valence-electron chi connectivity index (χ1n) is 5.16. The highest BCUT2D eigenvalue weighted by atomic mass is 16.4. The maximum Gasteiger partial charge on any atom is 0.371 e. The van der Waals surface area contributed by atoms with Crippen molar-refractivity contribution in [1.82, 2.24) is 4.90 Å². The molecule has 0 unspecified atom stereocenters. The number of carboxylic acids is 1. The third-order valence-corrected chi connectivity index (χ3v) is 2.09. The van der Waals surface area contributed by atoms with Gasteiger partial charge >= 0.3 is 5.97 Å². The van der Waals surface area contributed by atoms with Crippen LogP contribution in [0.4, 0.5) is 0 Å². The van der Waals surface area contributed by atoms with Gasteiger partial charge < -0.3 is 14.4 Å². The van der Waals surface area contributed by atoms with E-state index in [2.05, 4.69) is 5.92 Å². The molecule has 1 N–H and O–H groups in total. The molecule has 1 aromatic rings. The fraction of sp³-hybridized carbons (Fsp3) is 0.333. The van der Waals surface area contributed by atoms with E-state index < -0.39 is 11.9 Å². The summed E-state index contributed by atoms with van der Waals surface area (Å²) in [6.45, 7) is 2.60. The molecule has 0 atom stereocenters. The second-order valence-electron chi connectivity index (χ2n) is 3.40. The van der Waals surface area contributed by atoms with Crippen molar-refractivity contribution in [2.24, 2.45) is 0 Å². The van der Waals surface area contributed by atoms with E-state index in [-0.39, 0.29) is 18.1 Å². The number of carbonyl (C=O) groups excluding carboxylic acids is 1. The Morgan fingerprint density at radius 1 is 1.47 bits per heavy atom. The van der Waals surface area contributed by atoms with E-state index in [0.29, 0.717) is 6.54 Å². The fourth-order valence-electron chi connectivity index (χ4n) is 1.36. The molecule has 0 saturated carbocycles. The fourth-order valence-corrected chi connectivity index (χ4v) is 1.36. The minimum Gasteiger partial charge on any atom is -0.475 e. The summed E-state index contributed by atoms with van der Waals surface area (Å²) in [6, 6.07) is 2.58. The van der Waals surface area contributed by atoms with Crippen LogP contribution < -0.4 is 0 Å². The molecule has 0 saturated heterocycles. The van der Waals surface area contributed by atoms with Gasteiger partial charge in [0.25, 0.3) is 5.91 Å². The molecule has 5 heteroatoms. The van der Waals surface area contributed by atoms with Gasteiger partial charge in [-0.2, -0.15) is 0 Å². The van der Waals surface area contributed by atoms with E-state index in [9.17, 15) is 9.59 Å². The first-order valence-corrected chi connectivity index (χ1v) is 5.16. The molecule has 1 rings (SSSR count). The minimum atomic E-state index is -1.21. The van der Waals surface area contributed by atoms with Crippen LogP contribution in [0.1, 0.15) is 34.5 Å². The SMILES string of the molecule is C#CCN(CCC)C(=O)c1ccc(C(=O)O)o1. The zero-order valence-corrected chi connectivity index (χ0v) is 9.47. The van der Waals surface area contributed by atoms with Crippen LogP contribution in [0.5, 0.6) is 0 Å². The molecular weight excluding hydrogens is 222 g/mol. The van der Waals surface area contributed by atoms with Gasteiger partial charge in [-0.3, -0.25) is 4.79 Å². The van der Waals surface area contributed by atoms with Gasteiger partial charge in [0, 0.05) is 6.54 Å². The van der Waals surface area contributed by atoms with Crippen LogP contribution in [0.2, 0.25) is 0 Å². The van der Waals surface area contributed by atoms with E-state index in [1.807, 2.05) is 6.92 Å². The number of terminal acetylenes is 1. The normalized spacial score (nSPS) is 9.65. The van der Waals surface area contributed by atoms with Crippen molar-refractivity contribution in [3.63, 3.8) is 0 Å². The summed E-state index contributed by atoms with van der Waals surface area (Å²) in [4.78, 5) is 23.9. The Kier molecular flexibility index (Phi) is 4.35. The quantitative estimate of drug-likeness (QED) is 0.784. The Morgan fingerprint density at radius 3 is 2.59 bits per heavy atom. The van der Waals surface area contributed by atoms with Gasteiger partial charge in [-0.1, -0.05) is 12.8 Å². The van der Waals surface area contributed by atoms with Crippen LogP contribution in [0.25, 0.3) is 0 Å². The molecule has 1 heterocycles. The predicted molar refractivity (Wildman–Crippen MR) is 60.7 cm³/mol. The van der Waals surface area contributed by atoms with E-state index in [4.69, 9.17) is 15.9 Å². The number of nitrogens with zero attached hydrogens (tertiary/aromatic N) is 1. The van der Waals surface area contributed by atoms with Crippen molar-refractivity contribution in [3.05, 3.63) is 23.7 Å². The van der Waals surface area contributed by atoms with E-state index in [1.165, 1.54) is 17.0 Å². The predicted octanol–water partition coefficient (Wildman–Crippen LogP) is 1.46. The highest BCUT2D eigenvalue weighted by Gasteiger charge is 2.19. The smallest absolute Gasteiger partial charge is 0.371 e. The standard InChI is InChI=1S/C12H13NO4/c1-3-7-13(8-4-2)11(14)9-5-6-10(17-9)12(15)16/h1,5-6H,4,7-8H2,2H3,(H,15,16). The van der Waals surface area contributed by atoms with E-state index in [1.54, 1.807) is 0 Å². The Balaban J connectivity index is 2.85. The number of rotatable bonds is 5. The lowest BCUT2D eigenvalue weighted by molar-refractivity contribution is 0.0652. The highest BCUT2D eigenvalue weighted by molar-refractivity contribution is 5.93. The molecule has 90 valence electrons.